The number of hydrogen-bond acceptors (Lipinski definition) is 1. The zero-order valence-electron chi connectivity index (χ0n) is 12.4. The molecule has 0 saturated heterocycles. The van der Waals surface area contributed by atoms with Crippen LogP contribution in [0.4, 0.5) is 4.39 Å². The lowest BCUT2D eigenvalue weighted by Gasteiger charge is -2.25. The van der Waals surface area contributed by atoms with E-state index in [1.165, 1.54) is 6.07 Å². The standard InChI is InChI=1S/C16H24ClFO/c1-10(9-16(3,4)5)6-15(19)12-7-11(2)14(18)8-13(12)17/h7-8,10,15,19H,6,9H2,1-5H3. The molecule has 0 saturated carbocycles. The van der Waals surface area contributed by atoms with Crippen LogP contribution in [0, 0.1) is 24.1 Å². The molecular formula is C16H24ClFO. The van der Waals surface area contributed by atoms with E-state index >= 15 is 0 Å². The Balaban J connectivity index is 2.78. The third-order valence-corrected chi connectivity index (χ3v) is 3.55. The average Bonchev–Trinajstić information content (AvgIpc) is 2.20. The van der Waals surface area contributed by atoms with Gasteiger partial charge in [-0.2, -0.15) is 0 Å². The summed E-state index contributed by atoms with van der Waals surface area (Å²) in [5, 5.41) is 10.6. The van der Waals surface area contributed by atoms with Crippen LogP contribution in [0.2, 0.25) is 5.02 Å². The van der Waals surface area contributed by atoms with Crippen molar-refractivity contribution in [3.8, 4) is 0 Å². The second-order valence-corrected chi connectivity index (χ2v) is 7.15. The van der Waals surface area contributed by atoms with Crippen molar-refractivity contribution in [1.82, 2.24) is 0 Å². The highest BCUT2D eigenvalue weighted by Gasteiger charge is 2.20. The molecule has 2 unspecified atom stereocenters. The number of aliphatic hydroxyl groups excluding tert-OH is 1. The Bertz CT molecular complexity index is 437. The summed E-state index contributed by atoms with van der Waals surface area (Å²) in [7, 11) is 0. The molecule has 108 valence electrons. The Hall–Kier alpha value is -0.600. The molecule has 0 radical (unpaired) electrons. The summed E-state index contributed by atoms with van der Waals surface area (Å²) in [6.07, 6.45) is 1.04. The zero-order chi connectivity index (χ0) is 14.8. The van der Waals surface area contributed by atoms with Crippen molar-refractivity contribution in [3.63, 3.8) is 0 Å². The molecule has 2 atom stereocenters. The molecule has 0 heterocycles. The molecule has 1 aromatic rings. The number of halogens is 2. The smallest absolute Gasteiger partial charge is 0.127 e. The van der Waals surface area contributed by atoms with Crippen LogP contribution in [0.5, 0.6) is 0 Å². The van der Waals surface area contributed by atoms with Gasteiger partial charge in [0.15, 0.2) is 0 Å². The van der Waals surface area contributed by atoms with Crippen LogP contribution in [0.1, 0.15) is 57.8 Å². The van der Waals surface area contributed by atoms with Crippen molar-refractivity contribution < 1.29 is 9.50 Å². The van der Waals surface area contributed by atoms with E-state index in [1.807, 2.05) is 0 Å². The minimum Gasteiger partial charge on any atom is -0.388 e. The van der Waals surface area contributed by atoms with Crippen LogP contribution in [-0.4, -0.2) is 5.11 Å². The van der Waals surface area contributed by atoms with Gasteiger partial charge in [0.05, 0.1) is 6.10 Å². The van der Waals surface area contributed by atoms with E-state index in [9.17, 15) is 9.50 Å². The first-order valence-electron chi connectivity index (χ1n) is 6.74. The molecule has 0 amide bonds. The molecular weight excluding hydrogens is 263 g/mol. The molecule has 0 aliphatic heterocycles. The molecule has 1 aromatic carbocycles. The van der Waals surface area contributed by atoms with E-state index in [4.69, 9.17) is 11.6 Å². The van der Waals surface area contributed by atoms with Crippen molar-refractivity contribution in [2.45, 2.75) is 53.6 Å². The maximum Gasteiger partial charge on any atom is 0.127 e. The fraction of sp³-hybridized carbons (Fsp3) is 0.625. The first kappa shape index (κ1) is 16.5. The minimum absolute atomic E-state index is 0.238. The van der Waals surface area contributed by atoms with Gasteiger partial charge in [-0.05, 0) is 54.4 Å². The van der Waals surface area contributed by atoms with Crippen molar-refractivity contribution in [1.29, 1.82) is 0 Å². The summed E-state index contributed by atoms with van der Waals surface area (Å²) in [6.45, 7) is 10.4. The molecule has 1 N–H and O–H groups in total. The van der Waals surface area contributed by atoms with Crippen LogP contribution in [0.15, 0.2) is 12.1 Å². The summed E-state index contributed by atoms with van der Waals surface area (Å²) in [5.41, 5.74) is 1.38. The Morgan fingerprint density at radius 2 is 1.89 bits per heavy atom. The Kier molecular flexibility index (Phi) is 5.40. The van der Waals surface area contributed by atoms with Gasteiger partial charge in [0, 0.05) is 5.02 Å². The highest BCUT2D eigenvalue weighted by Crippen LogP contribution is 2.33. The van der Waals surface area contributed by atoms with Crippen LogP contribution in [0.25, 0.3) is 0 Å². The largest absolute Gasteiger partial charge is 0.388 e. The second-order valence-electron chi connectivity index (χ2n) is 6.74. The normalized spacial score (nSPS) is 15.4. The molecule has 3 heteroatoms. The lowest BCUT2D eigenvalue weighted by molar-refractivity contribution is 0.134. The van der Waals surface area contributed by atoms with Gasteiger partial charge in [-0.15, -0.1) is 0 Å². The molecule has 1 nitrogen and oxygen atoms in total. The molecule has 1 rings (SSSR count). The molecule has 0 aliphatic carbocycles. The fourth-order valence-corrected chi connectivity index (χ4v) is 2.85. The van der Waals surface area contributed by atoms with Gasteiger partial charge < -0.3 is 5.11 Å². The fourth-order valence-electron chi connectivity index (χ4n) is 2.57. The van der Waals surface area contributed by atoms with Crippen molar-refractivity contribution in [2.24, 2.45) is 11.3 Å². The second kappa shape index (κ2) is 6.23. The van der Waals surface area contributed by atoms with Crippen LogP contribution in [-0.2, 0) is 0 Å². The third-order valence-electron chi connectivity index (χ3n) is 3.22. The first-order valence-corrected chi connectivity index (χ1v) is 7.11. The highest BCUT2D eigenvalue weighted by molar-refractivity contribution is 6.31. The summed E-state index contributed by atoms with van der Waals surface area (Å²) >= 11 is 6.01. The number of aryl methyl sites for hydroxylation is 1. The maximum absolute atomic E-state index is 13.3. The topological polar surface area (TPSA) is 20.2 Å². The Labute approximate surface area is 120 Å². The van der Waals surface area contributed by atoms with Gasteiger partial charge in [0.1, 0.15) is 5.82 Å². The minimum atomic E-state index is -0.635. The summed E-state index contributed by atoms with van der Waals surface area (Å²) in [5.74, 6) is 0.0557. The van der Waals surface area contributed by atoms with E-state index < -0.39 is 6.10 Å². The van der Waals surface area contributed by atoms with E-state index in [1.54, 1.807) is 13.0 Å². The number of aliphatic hydroxyl groups is 1. The lowest BCUT2D eigenvalue weighted by atomic mass is 9.82. The van der Waals surface area contributed by atoms with Gasteiger partial charge in [0.2, 0.25) is 0 Å². The monoisotopic (exact) mass is 286 g/mol. The third kappa shape index (κ3) is 5.12. The first-order chi connectivity index (χ1) is 8.60. The van der Waals surface area contributed by atoms with Crippen molar-refractivity contribution in [2.75, 3.05) is 0 Å². The van der Waals surface area contributed by atoms with Gasteiger partial charge >= 0.3 is 0 Å². The van der Waals surface area contributed by atoms with Crippen LogP contribution >= 0.6 is 11.6 Å². The molecule has 0 aliphatic rings. The number of rotatable bonds is 4. The van der Waals surface area contributed by atoms with Gasteiger partial charge in [-0.25, -0.2) is 4.39 Å². The Morgan fingerprint density at radius 3 is 2.42 bits per heavy atom. The van der Waals surface area contributed by atoms with E-state index in [-0.39, 0.29) is 11.2 Å². The maximum atomic E-state index is 13.3. The quantitative estimate of drug-likeness (QED) is 0.798. The molecule has 0 aromatic heterocycles. The average molecular weight is 287 g/mol. The summed E-state index contributed by atoms with van der Waals surface area (Å²) in [4.78, 5) is 0. The lowest BCUT2D eigenvalue weighted by Crippen LogP contribution is -2.14. The van der Waals surface area contributed by atoms with Crippen LogP contribution in [0.3, 0.4) is 0 Å². The molecule has 0 spiro atoms. The van der Waals surface area contributed by atoms with Crippen molar-refractivity contribution in [3.05, 3.63) is 34.1 Å². The molecule has 19 heavy (non-hydrogen) atoms. The molecule has 0 bridgehead atoms. The van der Waals surface area contributed by atoms with Crippen molar-refractivity contribution >= 4 is 11.6 Å². The SMILES string of the molecule is Cc1cc(C(O)CC(C)CC(C)(C)C)c(Cl)cc1F. The van der Waals surface area contributed by atoms with E-state index in [0.29, 0.717) is 28.5 Å². The highest BCUT2D eigenvalue weighted by atomic mass is 35.5. The summed E-state index contributed by atoms with van der Waals surface area (Å²) in [6, 6.07) is 2.93. The van der Waals surface area contributed by atoms with Gasteiger partial charge in [0.25, 0.3) is 0 Å². The van der Waals surface area contributed by atoms with E-state index in [2.05, 4.69) is 27.7 Å². The van der Waals surface area contributed by atoms with E-state index in [0.717, 1.165) is 6.42 Å². The zero-order valence-corrected chi connectivity index (χ0v) is 13.2. The summed E-state index contributed by atoms with van der Waals surface area (Å²) < 4.78 is 13.3. The Morgan fingerprint density at radius 1 is 1.32 bits per heavy atom. The molecule has 0 fully saturated rings. The number of hydrogen-bond donors (Lipinski definition) is 1. The predicted molar refractivity (Wildman–Crippen MR) is 79.0 cm³/mol. The van der Waals surface area contributed by atoms with Gasteiger partial charge in [-0.1, -0.05) is 39.3 Å². The number of benzene rings is 1. The van der Waals surface area contributed by atoms with Gasteiger partial charge in [-0.3, -0.25) is 0 Å². The predicted octanol–water partition coefficient (Wildman–Crippen LogP) is 5.28. The van der Waals surface area contributed by atoms with Crippen LogP contribution < -0.4 is 0 Å².